The molecule has 2 N–H and O–H groups in total. The van der Waals surface area contributed by atoms with Crippen LogP contribution in [0.25, 0.3) is 0 Å². The van der Waals surface area contributed by atoms with E-state index in [-0.39, 0.29) is 17.4 Å². The first-order chi connectivity index (χ1) is 11.0. The van der Waals surface area contributed by atoms with Gasteiger partial charge in [0.25, 0.3) is 5.91 Å². The van der Waals surface area contributed by atoms with Crippen LogP contribution in [0.1, 0.15) is 41.6 Å². The van der Waals surface area contributed by atoms with Crippen LogP contribution in [0, 0.1) is 5.92 Å². The molecule has 0 aliphatic rings. The smallest absolute Gasteiger partial charge is 0.271 e. The van der Waals surface area contributed by atoms with Gasteiger partial charge in [0.15, 0.2) is 5.78 Å². The molecule has 0 aliphatic heterocycles. The van der Waals surface area contributed by atoms with E-state index >= 15 is 0 Å². The van der Waals surface area contributed by atoms with Gasteiger partial charge in [0.05, 0.1) is 12.4 Å². The molecule has 2 rings (SSSR count). The lowest BCUT2D eigenvalue weighted by Crippen LogP contribution is -2.28. The molecule has 6 nitrogen and oxygen atoms in total. The highest BCUT2D eigenvalue weighted by atomic mass is 16.1. The molecule has 1 aromatic heterocycles. The van der Waals surface area contributed by atoms with E-state index in [4.69, 9.17) is 0 Å². The predicted molar refractivity (Wildman–Crippen MR) is 88.9 cm³/mol. The number of anilines is 2. The summed E-state index contributed by atoms with van der Waals surface area (Å²) >= 11 is 0. The molecule has 0 bridgehead atoms. The third-order valence-corrected chi connectivity index (χ3v) is 3.10. The number of benzene rings is 1. The van der Waals surface area contributed by atoms with Crippen molar-refractivity contribution >= 4 is 23.2 Å². The summed E-state index contributed by atoms with van der Waals surface area (Å²) in [6.45, 7) is 6.16. The first-order valence-corrected chi connectivity index (χ1v) is 7.44. The number of rotatable bonds is 6. The predicted octanol–water partition coefficient (Wildman–Crippen LogP) is 2.81. The lowest BCUT2D eigenvalue weighted by atomic mass is 10.1. The van der Waals surface area contributed by atoms with Crippen molar-refractivity contribution in [2.24, 2.45) is 5.92 Å². The first kappa shape index (κ1) is 16.6. The van der Waals surface area contributed by atoms with Crippen molar-refractivity contribution < 1.29 is 9.59 Å². The fourth-order valence-corrected chi connectivity index (χ4v) is 1.86. The van der Waals surface area contributed by atoms with Crippen molar-refractivity contribution in [2.45, 2.75) is 20.8 Å². The van der Waals surface area contributed by atoms with Crippen LogP contribution >= 0.6 is 0 Å². The van der Waals surface area contributed by atoms with Gasteiger partial charge in [-0.25, -0.2) is 9.97 Å². The minimum Gasteiger partial charge on any atom is -0.350 e. The van der Waals surface area contributed by atoms with E-state index in [0.29, 0.717) is 23.8 Å². The van der Waals surface area contributed by atoms with E-state index in [1.807, 2.05) is 19.9 Å². The Morgan fingerprint density at radius 3 is 2.57 bits per heavy atom. The molecular weight excluding hydrogens is 292 g/mol. The minimum atomic E-state index is -0.240. The van der Waals surface area contributed by atoms with Crippen molar-refractivity contribution in [3.63, 3.8) is 0 Å². The SMILES string of the molecule is CC(=O)c1cccc(Nc2cnc(C(=O)NCC(C)C)cn2)c1. The number of carbonyl (C=O) groups is 2. The Hall–Kier alpha value is -2.76. The molecule has 0 radical (unpaired) electrons. The second kappa shape index (κ2) is 7.49. The average molecular weight is 312 g/mol. The number of nitrogens with one attached hydrogen (secondary N) is 2. The van der Waals surface area contributed by atoms with Crippen LogP contribution in [0.15, 0.2) is 36.7 Å². The van der Waals surface area contributed by atoms with Gasteiger partial charge in [-0.2, -0.15) is 0 Å². The molecule has 1 amide bonds. The molecule has 0 aliphatic carbocycles. The van der Waals surface area contributed by atoms with Crippen LogP contribution < -0.4 is 10.6 Å². The molecular formula is C17H20N4O2. The summed E-state index contributed by atoms with van der Waals surface area (Å²) in [7, 11) is 0. The highest BCUT2D eigenvalue weighted by Gasteiger charge is 2.08. The molecule has 1 aromatic carbocycles. The highest BCUT2D eigenvalue weighted by molar-refractivity contribution is 5.95. The van der Waals surface area contributed by atoms with E-state index in [1.54, 1.807) is 18.2 Å². The molecule has 120 valence electrons. The average Bonchev–Trinajstić information content (AvgIpc) is 2.53. The van der Waals surface area contributed by atoms with Gasteiger partial charge in [-0.3, -0.25) is 9.59 Å². The van der Waals surface area contributed by atoms with Gasteiger partial charge in [-0.1, -0.05) is 26.0 Å². The van der Waals surface area contributed by atoms with Gasteiger partial charge >= 0.3 is 0 Å². The Morgan fingerprint density at radius 2 is 1.96 bits per heavy atom. The van der Waals surface area contributed by atoms with Gasteiger partial charge < -0.3 is 10.6 Å². The van der Waals surface area contributed by atoms with Gasteiger partial charge in [0.1, 0.15) is 11.5 Å². The summed E-state index contributed by atoms with van der Waals surface area (Å²) in [5.74, 6) is 0.640. The molecule has 0 saturated carbocycles. The van der Waals surface area contributed by atoms with E-state index < -0.39 is 0 Å². The Balaban J connectivity index is 2.04. The van der Waals surface area contributed by atoms with E-state index in [9.17, 15) is 9.59 Å². The Morgan fingerprint density at radius 1 is 1.17 bits per heavy atom. The maximum atomic E-state index is 11.9. The number of carbonyl (C=O) groups excluding carboxylic acids is 2. The normalized spacial score (nSPS) is 10.4. The Labute approximate surface area is 135 Å². The van der Waals surface area contributed by atoms with E-state index in [0.717, 1.165) is 5.69 Å². The van der Waals surface area contributed by atoms with Crippen molar-refractivity contribution in [2.75, 3.05) is 11.9 Å². The fourth-order valence-electron chi connectivity index (χ4n) is 1.86. The second-order valence-electron chi connectivity index (χ2n) is 5.65. The number of ketones is 1. The molecule has 23 heavy (non-hydrogen) atoms. The fraction of sp³-hybridized carbons (Fsp3) is 0.294. The van der Waals surface area contributed by atoms with E-state index in [2.05, 4.69) is 20.6 Å². The Bertz CT molecular complexity index is 696. The Kier molecular flexibility index (Phi) is 5.41. The van der Waals surface area contributed by atoms with Crippen molar-refractivity contribution in [1.29, 1.82) is 0 Å². The van der Waals surface area contributed by atoms with Gasteiger partial charge in [0.2, 0.25) is 0 Å². The summed E-state index contributed by atoms with van der Waals surface area (Å²) in [6.07, 6.45) is 2.91. The molecule has 6 heteroatoms. The third-order valence-electron chi connectivity index (χ3n) is 3.10. The monoisotopic (exact) mass is 312 g/mol. The standard InChI is InChI=1S/C17H20N4O2/c1-11(2)8-20-17(23)15-9-19-16(10-18-15)21-14-6-4-5-13(7-14)12(3)22/h4-7,9-11H,8H2,1-3H3,(H,19,21)(H,20,23). The zero-order chi connectivity index (χ0) is 16.8. The van der Waals surface area contributed by atoms with Crippen molar-refractivity contribution in [1.82, 2.24) is 15.3 Å². The molecule has 0 spiro atoms. The highest BCUT2D eigenvalue weighted by Crippen LogP contribution is 2.15. The number of amides is 1. The van der Waals surface area contributed by atoms with E-state index in [1.165, 1.54) is 19.3 Å². The minimum absolute atomic E-state index is 0.00287. The zero-order valence-electron chi connectivity index (χ0n) is 13.5. The molecule has 0 atom stereocenters. The summed E-state index contributed by atoms with van der Waals surface area (Å²) in [5, 5.41) is 5.85. The van der Waals surface area contributed by atoms with Crippen LogP contribution in [0.2, 0.25) is 0 Å². The quantitative estimate of drug-likeness (QED) is 0.801. The van der Waals surface area contributed by atoms with Gasteiger partial charge in [0, 0.05) is 17.8 Å². The number of aromatic nitrogens is 2. The number of Topliss-reactive ketones (excluding diaryl/α,β-unsaturated/α-hetero) is 1. The number of nitrogens with zero attached hydrogens (tertiary/aromatic N) is 2. The van der Waals surface area contributed by atoms with Crippen LogP contribution in [0.3, 0.4) is 0 Å². The van der Waals surface area contributed by atoms with Gasteiger partial charge in [-0.05, 0) is 25.0 Å². The topological polar surface area (TPSA) is 84.0 Å². The van der Waals surface area contributed by atoms with Crippen LogP contribution in [-0.2, 0) is 0 Å². The van der Waals surface area contributed by atoms with Crippen LogP contribution in [0.5, 0.6) is 0 Å². The molecule has 0 unspecified atom stereocenters. The van der Waals surface area contributed by atoms with Gasteiger partial charge in [-0.15, -0.1) is 0 Å². The maximum Gasteiger partial charge on any atom is 0.271 e. The van der Waals surface area contributed by atoms with Crippen LogP contribution in [-0.4, -0.2) is 28.2 Å². The second-order valence-corrected chi connectivity index (χ2v) is 5.65. The number of hydrogen-bond acceptors (Lipinski definition) is 5. The third kappa shape index (κ3) is 4.88. The lowest BCUT2D eigenvalue weighted by Gasteiger charge is -2.08. The number of hydrogen-bond donors (Lipinski definition) is 2. The van der Waals surface area contributed by atoms with Crippen molar-refractivity contribution in [3.8, 4) is 0 Å². The summed E-state index contributed by atoms with van der Waals surface area (Å²) in [5.41, 5.74) is 1.63. The summed E-state index contributed by atoms with van der Waals surface area (Å²) in [4.78, 5) is 31.5. The summed E-state index contributed by atoms with van der Waals surface area (Å²) in [6, 6.07) is 7.12. The molecule has 0 fully saturated rings. The molecule has 0 saturated heterocycles. The van der Waals surface area contributed by atoms with Crippen molar-refractivity contribution in [3.05, 3.63) is 47.9 Å². The lowest BCUT2D eigenvalue weighted by molar-refractivity contribution is 0.0942. The van der Waals surface area contributed by atoms with Crippen LogP contribution in [0.4, 0.5) is 11.5 Å². The molecule has 1 heterocycles. The maximum absolute atomic E-state index is 11.9. The molecule has 2 aromatic rings. The largest absolute Gasteiger partial charge is 0.350 e. The zero-order valence-corrected chi connectivity index (χ0v) is 13.5. The first-order valence-electron chi connectivity index (χ1n) is 7.44. The summed E-state index contributed by atoms with van der Waals surface area (Å²) < 4.78 is 0.